The highest BCUT2D eigenvalue weighted by Gasteiger charge is 2.46. The van der Waals surface area contributed by atoms with Gasteiger partial charge in [-0.1, -0.05) is 48.0 Å². The first kappa shape index (κ1) is 11.1. The van der Waals surface area contributed by atoms with E-state index in [1.165, 1.54) is 12.8 Å². The Morgan fingerprint density at radius 3 is 2.00 bits per heavy atom. The minimum Gasteiger partial charge on any atom is -0.0649 e. The molecule has 3 atom stereocenters. The highest BCUT2D eigenvalue weighted by atomic mass is 14.5. The zero-order valence-electron chi connectivity index (χ0n) is 10.2. The Kier molecular flexibility index (Phi) is 3.09. The van der Waals surface area contributed by atoms with Crippen molar-refractivity contribution in [1.29, 1.82) is 0 Å². The molecule has 0 nitrogen and oxygen atoms in total. The summed E-state index contributed by atoms with van der Waals surface area (Å²) in [5, 5.41) is 0. The van der Waals surface area contributed by atoms with E-state index in [4.69, 9.17) is 0 Å². The molecule has 0 heterocycles. The van der Waals surface area contributed by atoms with Gasteiger partial charge in [0.05, 0.1) is 0 Å². The molecule has 0 heteroatoms. The topological polar surface area (TPSA) is 0 Å². The van der Waals surface area contributed by atoms with Crippen LogP contribution in [0.25, 0.3) is 0 Å². The Bertz CT molecular complexity index is 167. The van der Waals surface area contributed by atoms with Crippen LogP contribution >= 0.6 is 0 Å². The van der Waals surface area contributed by atoms with Crippen molar-refractivity contribution in [2.24, 2.45) is 29.1 Å². The molecule has 78 valence electrons. The number of hydrogen-bond donors (Lipinski definition) is 0. The molecule has 0 aromatic rings. The molecule has 1 aliphatic rings. The summed E-state index contributed by atoms with van der Waals surface area (Å²) in [6.07, 6.45) is 2.80. The number of rotatable bonds is 4. The number of hydrogen-bond acceptors (Lipinski definition) is 0. The molecule has 1 fully saturated rings. The molecule has 13 heavy (non-hydrogen) atoms. The standard InChI is InChI=1S/C13H26/c1-7-13(5,6)10(4)12-8-11(12)9(2)3/h9-12H,7-8H2,1-6H3. The lowest BCUT2D eigenvalue weighted by molar-refractivity contribution is 0.184. The maximum atomic E-state index is 2.45. The predicted molar refractivity (Wildman–Crippen MR) is 59.7 cm³/mol. The van der Waals surface area contributed by atoms with Crippen LogP contribution in [0.4, 0.5) is 0 Å². The first-order valence-electron chi connectivity index (χ1n) is 5.90. The molecule has 0 saturated heterocycles. The first-order valence-corrected chi connectivity index (χ1v) is 5.90. The van der Waals surface area contributed by atoms with E-state index >= 15 is 0 Å². The van der Waals surface area contributed by atoms with Crippen LogP contribution in [0.2, 0.25) is 0 Å². The summed E-state index contributed by atoms with van der Waals surface area (Å²) in [5.74, 6) is 3.86. The summed E-state index contributed by atoms with van der Waals surface area (Å²) in [6.45, 7) is 14.4. The highest BCUT2D eigenvalue weighted by molar-refractivity contribution is 4.95. The fourth-order valence-electron chi connectivity index (χ4n) is 2.48. The molecule has 0 N–H and O–H groups in total. The van der Waals surface area contributed by atoms with Crippen molar-refractivity contribution in [2.45, 2.75) is 54.4 Å². The van der Waals surface area contributed by atoms with Crippen LogP contribution in [-0.2, 0) is 0 Å². The van der Waals surface area contributed by atoms with Gasteiger partial charge in [0.1, 0.15) is 0 Å². The van der Waals surface area contributed by atoms with Gasteiger partial charge in [0.15, 0.2) is 0 Å². The third-order valence-electron chi connectivity index (χ3n) is 4.53. The third-order valence-corrected chi connectivity index (χ3v) is 4.53. The van der Waals surface area contributed by atoms with Gasteiger partial charge in [0.25, 0.3) is 0 Å². The van der Waals surface area contributed by atoms with Gasteiger partial charge in [-0.3, -0.25) is 0 Å². The Labute approximate surface area is 84.1 Å². The summed E-state index contributed by atoms with van der Waals surface area (Å²) in [6, 6.07) is 0. The molecular weight excluding hydrogens is 156 g/mol. The summed E-state index contributed by atoms with van der Waals surface area (Å²) in [7, 11) is 0. The SMILES string of the molecule is CCC(C)(C)C(C)C1CC1C(C)C. The smallest absolute Gasteiger partial charge is 0.0328 e. The minimum absolute atomic E-state index is 0.550. The fraction of sp³-hybridized carbons (Fsp3) is 1.00. The molecule has 1 rings (SSSR count). The van der Waals surface area contributed by atoms with Crippen LogP contribution in [0.3, 0.4) is 0 Å². The molecule has 0 aromatic carbocycles. The van der Waals surface area contributed by atoms with E-state index in [9.17, 15) is 0 Å². The minimum atomic E-state index is 0.550. The molecule has 3 unspecified atom stereocenters. The molecule has 0 aromatic heterocycles. The summed E-state index contributed by atoms with van der Waals surface area (Å²) < 4.78 is 0. The quantitative estimate of drug-likeness (QED) is 0.606. The zero-order chi connectivity index (χ0) is 10.2. The van der Waals surface area contributed by atoms with Gasteiger partial charge in [-0.2, -0.15) is 0 Å². The van der Waals surface area contributed by atoms with Crippen LogP contribution in [0.5, 0.6) is 0 Å². The van der Waals surface area contributed by atoms with Crippen molar-refractivity contribution in [3.8, 4) is 0 Å². The first-order chi connectivity index (χ1) is 5.90. The molecule has 0 bridgehead atoms. The molecular formula is C13H26. The predicted octanol–water partition coefficient (Wildman–Crippen LogP) is 4.35. The Hall–Kier alpha value is 0. The highest BCUT2D eigenvalue weighted by Crippen LogP contribution is 2.54. The lowest BCUT2D eigenvalue weighted by atomic mass is 9.74. The maximum Gasteiger partial charge on any atom is -0.0328 e. The van der Waals surface area contributed by atoms with E-state index in [0.29, 0.717) is 5.41 Å². The molecule has 1 aliphatic carbocycles. The molecule has 1 saturated carbocycles. The molecule has 0 aliphatic heterocycles. The lowest BCUT2D eigenvalue weighted by Gasteiger charge is -2.31. The van der Waals surface area contributed by atoms with E-state index in [0.717, 1.165) is 23.7 Å². The van der Waals surface area contributed by atoms with Crippen molar-refractivity contribution in [3.05, 3.63) is 0 Å². The van der Waals surface area contributed by atoms with E-state index in [1.54, 1.807) is 0 Å². The normalized spacial score (nSPS) is 30.7. The van der Waals surface area contributed by atoms with Crippen molar-refractivity contribution < 1.29 is 0 Å². The Morgan fingerprint density at radius 2 is 1.69 bits per heavy atom. The lowest BCUT2D eigenvalue weighted by Crippen LogP contribution is -2.23. The van der Waals surface area contributed by atoms with Crippen LogP contribution < -0.4 is 0 Å². The summed E-state index contributed by atoms with van der Waals surface area (Å²) >= 11 is 0. The zero-order valence-corrected chi connectivity index (χ0v) is 10.2. The van der Waals surface area contributed by atoms with Gasteiger partial charge in [-0.25, -0.2) is 0 Å². The van der Waals surface area contributed by atoms with E-state index in [1.807, 2.05) is 0 Å². The van der Waals surface area contributed by atoms with Crippen molar-refractivity contribution in [1.82, 2.24) is 0 Å². The van der Waals surface area contributed by atoms with Crippen molar-refractivity contribution in [2.75, 3.05) is 0 Å². The largest absolute Gasteiger partial charge is 0.0649 e. The third kappa shape index (κ3) is 2.27. The second-order valence-electron chi connectivity index (χ2n) is 5.94. The van der Waals surface area contributed by atoms with Gasteiger partial charge >= 0.3 is 0 Å². The monoisotopic (exact) mass is 182 g/mol. The fourth-order valence-corrected chi connectivity index (χ4v) is 2.48. The van der Waals surface area contributed by atoms with Gasteiger partial charge < -0.3 is 0 Å². The van der Waals surface area contributed by atoms with E-state index in [2.05, 4.69) is 41.5 Å². The van der Waals surface area contributed by atoms with Gasteiger partial charge in [-0.05, 0) is 35.5 Å². The van der Waals surface area contributed by atoms with Gasteiger partial charge in [-0.15, -0.1) is 0 Å². The van der Waals surface area contributed by atoms with Crippen LogP contribution in [-0.4, -0.2) is 0 Å². The van der Waals surface area contributed by atoms with Crippen LogP contribution in [0.15, 0.2) is 0 Å². The van der Waals surface area contributed by atoms with E-state index < -0.39 is 0 Å². The van der Waals surface area contributed by atoms with Gasteiger partial charge in [0.2, 0.25) is 0 Å². The van der Waals surface area contributed by atoms with Gasteiger partial charge in [0, 0.05) is 0 Å². The Morgan fingerprint density at radius 1 is 1.15 bits per heavy atom. The van der Waals surface area contributed by atoms with Crippen molar-refractivity contribution >= 4 is 0 Å². The molecule has 0 amide bonds. The second kappa shape index (κ2) is 3.63. The van der Waals surface area contributed by atoms with Crippen LogP contribution in [0.1, 0.15) is 54.4 Å². The maximum absolute atomic E-state index is 2.45. The second-order valence-corrected chi connectivity index (χ2v) is 5.94. The average molecular weight is 182 g/mol. The van der Waals surface area contributed by atoms with Crippen LogP contribution in [0, 0.1) is 29.1 Å². The molecule has 0 radical (unpaired) electrons. The Balaban J connectivity index is 2.47. The average Bonchev–Trinajstić information content (AvgIpc) is 2.81. The van der Waals surface area contributed by atoms with E-state index in [-0.39, 0.29) is 0 Å². The summed E-state index contributed by atoms with van der Waals surface area (Å²) in [4.78, 5) is 0. The summed E-state index contributed by atoms with van der Waals surface area (Å²) in [5.41, 5.74) is 0.550. The van der Waals surface area contributed by atoms with Crippen molar-refractivity contribution in [3.63, 3.8) is 0 Å². The molecule has 0 spiro atoms.